The summed E-state index contributed by atoms with van der Waals surface area (Å²) in [4.78, 5) is 0. The molecule has 0 bridgehead atoms. The van der Waals surface area contributed by atoms with Crippen molar-refractivity contribution in [2.75, 3.05) is 13.1 Å². The molecule has 1 atom stereocenters. The molecule has 0 aromatic carbocycles. The lowest BCUT2D eigenvalue weighted by molar-refractivity contribution is 0.327. The van der Waals surface area contributed by atoms with E-state index < -0.39 is 0 Å². The predicted molar refractivity (Wildman–Crippen MR) is 64.5 cm³/mol. The van der Waals surface area contributed by atoms with Crippen LogP contribution in [0.3, 0.4) is 0 Å². The molecular formula is C12H28N2. The third-order valence-corrected chi connectivity index (χ3v) is 2.83. The lowest BCUT2D eigenvalue weighted by Gasteiger charge is -2.29. The number of nitrogens with two attached hydrogens (primary N) is 1. The van der Waals surface area contributed by atoms with Crippen LogP contribution in [0.1, 0.15) is 59.3 Å². The highest BCUT2D eigenvalue weighted by atomic mass is 15.0. The van der Waals surface area contributed by atoms with Crippen molar-refractivity contribution in [2.45, 2.75) is 64.8 Å². The summed E-state index contributed by atoms with van der Waals surface area (Å²) in [5, 5.41) is 3.55. The summed E-state index contributed by atoms with van der Waals surface area (Å²) >= 11 is 0. The molecule has 0 aromatic rings. The molecule has 0 aliphatic heterocycles. The van der Waals surface area contributed by atoms with Crippen molar-refractivity contribution >= 4 is 0 Å². The molecule has 0 rings (SSSR count). The summed E-state index contributed by atoms with van der Waals surface area (Å²) in [7, 11) is 0. The molecule has 3 N–H and O–H groups in total. The normalized spacial score (nSPS) is 15.4. The SMILES string of the molecule is CCCCCCC(C)(CN)NCCC. The van der Waals surface area contributed by atoms with Gasteiger partial charge in [0.05, 0.1) is 0 Å². The van der Waals surface area contributed by atoms with Gasteiger partial charge in [-0.1, -0.05) is 39.5 Å². The second-order valence-electron chi connectivity index (χ2n) is 4.50. The summed E-state index contributed by atoms with van der Waals surface area (Å²) in [6.45, 7) is 8.52. The first-order valence-electron chi connectivity index (χ1n) is 6.13. The van der Waals surface area contributed by atoms with E-state index in [4.69, 9.17) is 5.73 Å². The maximum absolute atomic E-state index is 5.80. The number of nitrogens with one attached hydrogen (secondary N) is 1. The minimum Gasteiger partial charge on any atom is -0.329 e. The number of rotatable bonds is 9. The Morgan fingerprint density at radius 3 is 2.29 bits per heavy atom. The average molecular weight is 200 g/mol. The number of hydrogen-bond donors (Lipinski definition) is 2. The third-order valence-electron chi connectivity index (χ3n) is 2.83. The van der Waals surface area contributed by atoms with E-state index in [1.165, 1.54) is 38.5 Å². The van der Waals surface area contributed by atoms with Crippen LogP contribution in [-0.4, -0.2) is 18.6 Å². The molecule has 1 unspecified atom stereocenters. The second kappa shape index (κ2) is 8.25. The minimum absolute atomic E-state index is 0.170. The Kier molecular flexibility index (Phi) is 8.20. The van der Waals surface area contributed by atoms with Crippen LogP contribution in [0.25, 0.3) is 0 Å². The van der Waals surface area contributed by atoms with Crippen LogP contribution in [0.15, 0.2) is 0 Å². The Labute approximate surface area is 89.6 Å². The predicted octanol–water partition coefficient (Wildman–Crippen LogP) is 2.67. The van der Waals surface area contributed by atoms with Crippen LogP contribution in [0.2, 0.25) is 0 Å². The van der Waals surface area contributed by atoms with Gasteiger partial charge in [-0.3, -0.25) is 0 Å². The van der Waals surface area contributed by atoms with Gasteiger partial charge >= 0.3 is 0 Å². The van der Waals surface area contributed by atoms with Gasteiger partial charge in [0.15, 0.2) is 0 Å². The molecule has 0 aliphatic rings. The van der Waals surface area contributed by atoms with Crippen LogP contribution < -0.4 is 11.1 Å². The van der Waals surface area contributed by atoms with E-state index >= 15 is 0 Å². The molecule has 0 saturated carbocycles. The monoisotopic (exact) mass is 200 g/mol. The Balaban J connectivity index is 3.63. The topological polar surface area (TPSA) is 38.0 Å². The average Bonchev–Trinajstić information content (AvgIpc) is 2.22. The third kappa shape index (κ3) is 6.39. The maximum atomic E-state index is 5.80. The zero-order chi connectivity index (χ0) is 10.9. The van der Waals surface area contributed by atoms with Gasteiger partial charge in [-0.15, -0.1) is 0 Å². The fraction of sp³-hybridized carbons (Fsp3) is 1.00. The minimum atomic E-state index is 0.170. The first kappa shape index (κ1) is 13.9. The van der Waals surface area contributed by atoms with E-state index in [1.54, 1.807) is 0 Å². The van der Waals surface area contributed by atoms with Crippen LogP contribution in [0.5, 0.6) is 0 Å². The zero-order valence-electron chi connectivity index (χ0n) is 10.2. The van der Waals surface area contributed by atoms with E-state index in [9.17, 15) is 0 Å². The van der Waals surface area contributed by atoms with Gasteiger partial charge in [-0.2, -0.15) is 0 Å². The second-order valence-corrected chi connectivity index (χ2v) is 4.50. The van der Waals surface area contributed by atoms with Crippen molar-refractivity contribution in [3.63, 3.8) is 0 Å². The number of hydrogen-bond acceptors (Lipinski definition) is 2. The molecule has 0 spiro atoms. The van der Waals surface area contributed by atoms with Crippen molar-refractivity contribution in [3.8, 4) is 0 Å². The van der Waals surface area contributed by atoms with E-state index in [0.29, 0.717) is 0 Å². The highest BCUT2D eigenvalue weighted by Gasteiger charge is 2.19. The highest BCUT2D eigenvalue weighted by Crippen LogP contribution is 2.14. The van der Waals surface area contributed by atoms with Crippen molar-refractivity contribution in [3.05, 3.63) is 0 Å². The van der Waals surface area contributed by atoms with Gasteiger partial charge in [0.1, 0.15) is 0 Å². The quantitative estimate of drug-likeness (QED) is 0.562. The maximum Gasteiger partial charge on any atom is 0.0275 e. The molecule has 0 heterocycles. The molecule has 2 heteroatoms. The van der Waals surface area contributed by atoms with Crippen molar-refractivity contribution in [2.24, 2.45) is 5.73 Å². The Bertz CT molecular complexity index is 125. The molecule has 0 aromatic heterocycles. The lowest BCUT2D eigenvalue weighted by atomic mass is 9.94. The molecule has 2 nitrogen and oxygen atoms in total. The summed E-state index contributed by atoms with van der Waals surface area (Å²) < 4.78 is 0. The van der Waals surface area contributed by atoms with Gasteiger partial charge in [0.2, 0.25) is 0 Å². The molecule has 0 fully saturated rings. The van der Waals surface area contributed by atoms with Crippen LogP contribution >= 0.6 is 0 Å². The fourth-order valence-electron chi connectivity index (χ4n) is 1.63. The Morgan fingerprint density at radius 1 is 1.07 bits per heavy atom. The molecule has 0 saturated heterocycles. The largest absolute Gasteiger partial charge is 0.329 e. The smallest absolute Gasteiger partial charge is 0.0275 e. The Hall–Kier alpha value is -0.0800. The van der Waals surface area contributed by atoms with E-state index in [0.717, 1.165) is 13.1 Å². The van der Waals surface area contributed by atoms with Crippen LogP contribution in [0, 0.1) is 0 Å². The highest BCUT2D eigenvalue weighted by molar-refractivity contribution is 4.83. The zero-order valence-corrected chi connectivity index (χ0v) is 10.2. The molecule has 0 amide bonds. The summed E-state index contributed by atoms with van der Waals surface area (Å²) in [5.41, 5.74) is 5.97. The molecular weight excluding hydrogens is 172 g/mol. The van der Waals surface area contributed by atoms with Crippen molar-refractivity contribution in [1.82, 2.24) is 5.32 Å². The summed E-state index contributed by atoms with van der Waals surface area (Å²) in [5.74, 6) is 0. The summed E-state index contributed by atoms with van der Waals surface area (Å²) in [6, 6.07) is 0. The van der Waals surface area contributed by atoms with E-state index in [2.05, 4.69) is 26.1 Å². The van der Waals surface area contributed by atoms with E-state index in [1.807, 2.05) is 0 Å². The summed E-state index contributed by atoms with van der Waals surface area (Å²) in [6.07, 6.45) is 7.71. The van der Waals surface area contributed by atoms with Crippen LogP contribution in [-0.2, 0) is 0 Å². The van der Waals surface area contributed by atoms with Crippen molar-refractivity contribution in [1.29, 1.82) is 0 Å². The first-order chi connectivity index (χ1) is 6.68. The first-order valence-corrected chi connectivity index (χ1v) is 6.13. The van der Waals surface area contributed by atoms with Gasteiger partial charge in [-0.05, 0) is 26.3 Å². The lowest BCUT2D eigenvalue weighted by Crippen LogP contribution is -2.48. The number of unbranched alkanes of at least 4 members (excludes halogenated alkanes) is 3. The standard InChI is InChI=1S/C12H28N2/c1-4-6-7-8-9-12(3,11-13)14-10-5-2/h14H,4-11,13H2,1-3H3. The molecule has 0 radical (unpaired) electrons. The Morgan fingerprint density at radius 2 is 1.79 bits per heavy atom. The fourth-order valence-corrected chi connectivity index (χ4v) is 1.63. The van der Waals surface area contributed by atoms with Crippen molar-refractivity contribution < 1.29 is 0 Å². The molecule has 14 heavy (non-hydrogen) atoms. The molecule has 0 aliphatic carbocycles. The van der Waals surface area contributed by atoms with Gasteiger partial charge in [-0.25, -0.2) is 0 Å². The van der Waals surface area contributed by atoms with Gasteiger partial charge in [0.25, 0.3) is 0 Å². The van der Waals surface area contributed by atoms with Crippen LogP contribution in [0.4, 0.5) is 0 Å². The van der Waals surface area contributed by atoms with E-state index in [-0.39, 0.29) is 5.54 Å². The van der Waals surface area contributed by atoms with Gasteiger partial charge in [0, 0.05) is 12.1 Å². The molecule has 86 valence electrons. The van der Waals surface area contributed by atoms with Gasteiger partial charge < -0.3 is 11.1 Å².